The highest BCUT2D eigenvalue weighted by Crippen LogP contribution is 2.30. The van der Waals surface area contributed by atoms with Crippen LogP contribution < -0.4 is 5.32 Å². The van der Waals surface area contributed by atoms with Gasteiger partial charge in [0.25, 0.3) is 5.91 Å². The molecule has 2 aliphatic rings. The summed E-state index contributed by atoms with van der Waals surface area (Å²) in [7, 11) is 0. The van der Waals surface area contributed by atoms with E-state index < -0.39 is 0 Å². The van der Waals surface area contributed by atoms with Crippen LogP contribution in [-0.2, 0) is 14.4 Å². The lowest BCUT2D eigenvalue weighted by atomic mass is 9.81. The van der Waals surface area contributed by atoms with Crippen molar-refractivity contribution in [2.24, 2.45) is 11.8 Å². The summed E-state index contributed by atoms with van der Waals surface area (Å²) >= 11 is 0. The van der Waals surface area contributed by atoms with Gasteiger partial charge in [0.15, 0.2) is 0 Å². The van der Waals surface area contributed by atoms with Crippen molar-refractivity contribution in [1.29, 1.82) is 0 Å². The highest BCUT2D eigenvalue weighted by atomic mass is 16.2. The number of imide groups is 1. The number of hydrogen-bond donors (Lipinski definition) is 1. The molecular weight excluding hydrogens is 304 g/mol. The molecule has 0 atom stereocenters. The number of amides is 3. The van der Waals surface area contributed by atoms with Crippen LogP contribution >= 0.6 is 0 Å². The van der Waals surface area contributed by atoms with Crippen LogP contribution in [0.4, 0.5) is 0 Å². The van der Waals surface area contributed by atoms with E-state index in [0.717, 1.165) is 38.5 Å². The van der Waals surface area contributed by atoms with Crippen LogP contribution in [0.5, 0.6) is 0 Å². The van der Waals surface area contributed by atoms with Gasteiger partial charge in [-0.3, -0.25) is 19.3 Å². The summed E-state index contributed by atoms with van der Waals surface area (Å²) in [6.07, 6.45) is 13.1. The van der Waals surface area contributed by atoms with Crippen molar-refractivity contribution < 1.29 is 14.4 Å². The monoisotopic (exact) mass is 334 g/mol. The van der Waals surface area contributed by atoms with Gasteiger partial charge in [-0.1, -0.05) is 25.3 Å². The molecule has 3 amide bonds. The molecule has 2 aliphatic carbocycles. The van der Waals surface area contributed by atoms with Gasteiger partial charge in [0.05, 0.1) is 0 Å². The number of carbonyl (C=O) groups excluding carboxylic acids is 3. The Morgan fingerprint density at radius 1 is 1.04 bits per heavy atom. The molecule has 0 aromatic carbocycles. The number of carbonyl (C=O) groups is 3. The van der Waals surface area contributed by atoms with E-state index in [1.165, 1.54) is 30.2 Å². The summed E-state index contributed by atoms with van der Waals surface area (Å²) in [5.74, 6) is 0.351. The highest BCUT2D eigenvalue weighted by Gasteiger charge is 2.29. The lowest BCUT2D eigenvalue weighted by Gasteiger charge is -2.31. The van der Waals surface area contributed by atoms with Gasteiger partial charge >= 0.3 is 0 Å². The number of rotatable bonds is 6. The molecule has 1 N–H and O–H groups in total. The lowest BCUT2D eigenvalue weighted by Crippen LogP contribution is -2.42. The second-order valence-corrected chi connectivity index (χ2v) is 7.16. The molecule has 0 aliphatic heterocycles. The average Bonchev–Trinajstić information content (AvgIpc) is 2.61. The Kier molecular flexibility index (Phi) is 7.47. The molecule has 134 valence electrons. The van der Waals surface area contributed by atoms with E-state index in [1.54, 1.807) is 13.0 Å². The molecular formula is C19H30N2O3. The smallest absolute Gasteiger partial charge is 0.252 e. The Bertz CT molecular complexity index is 461. The summed E-state index contributed by atoms with van der Waals surface area (Å²) in [5, 5.41) is 3.22. The van der Waals surface area contributed by atoms with Crippen LogP contribution in [-0.4, -0.2) is 35.7 Å². The first kappa shape index (κ1) is 18.7. The predicted octanol–water partition coefficient (Wildman–Crippen LogP) is 2.80. The van der Waals surface area contributed by atoms with Gasteiger partial charge in [-0.2, -0.15) is 0 Å². The zero-order valence-corrected chi connectivity index (χ0v) is 14.7. The molecule has 5 heteroatoms. The van der Waals surface area contributed by atoms with Crippen LogP contribution in [0.1, 0.15) is 64.7 Å². The molecule has 24 heavy (non-hydrogen) atoms. The third-order valence-corrected chi connectivity index (χ3v) is 5.34. The highest BCUT2D eigenvalue weighted by molar-refractivity contribution is 5.94. The number of hydrogen-bond acceptors (Lipinski definition) is 3. The SMILES string of the molecule is C/C=C\C(=O)N(C=O)CC1CCC(C(=O)NC2CCCCC2)CC1. The molecule has 0 bridgehead atoms. The maximum absolute atomic E-state index is 12.4. The molecule has 0 saturated heterocycles. The van der Waals surface area contributed by atoms with Crippen molar-refractivity contribution in [3.05, 3.63) is 12.2 Å². The number of allylic oxidation sites excluding steroid dienone is 1. The molecule has 5 nitrogen and oxygen atoms in total. The molecule has 2 rings (SSSR count). The predicted molar refractivity (Wildman–Crippen MR) is 93.1 cm³/mol. The van der Waals surface area contributed by atoms with E-state index in [0.29, 0.717) is 24.9 Å². The van der Waals surface area contributed by atoms with E-state index in [1.807, 2.05) is 0 Å². The first-order valence-electron chi connectivity index (χ1n) is 9.33. The zero-order valence-electron chi connectivity index (χ0n) is 14.7. The largest absolute Gasteiger partial charge is 0.353 e. The molecule has 0 heterocycles. The second-order valence-electron chi connectivity index (χ2n) is 7.16. The van der Waals surface area contributed by atoms with E-state index in [-0.39, 0.29) is 17.7 Å². The average molecular weight is 334 g/mol. The molecule has 2 fully saturated rings. The van der Waals surface area contributed by atoms with Gasteiger partial charge in [0.1, 0.15) is 0 Å². The quantitative estimate of drug-likeness (QED) is 0.600. The van der Waals surface area contributed by atoms with Crippen LogP contribution in [0.15, 0.2) is 12.2 Å². The normalized spacial score (nSPS) is 25.4. The van der Waals surface area contributed by atoms with Crippen molar-refractivity contribution in [2.75, 3.05) is 6.54 Å². The van der Waals surface area contributed by atoms with Gasteiger partial charge in [0.2, 0.25) is 12.3 Å². The van der Waals surface area contributed by atoms with Crippen molar-refractivity contribution in [3.8, 4) is 0 Å². The van der Waals surface area contributed by atoms with Crippen LogP contribution in [0, 0.1) is 11.8 Å². The molecule has 0 aromatic rings. The fourth-order valence-electron chi connectivity index (χ4n) is 3.87. The summed E-state index contributed by atoms with van der Waals surface area (Å²) in [5.41, 5.74) is 0. The van der Waals surface area contributed by atoms with Crippen molar-refractivity contribution in [3.63, 3.8) is 0 Å². The summed E-state index contributed by atoms with van der Waals surface area (Å²) in [4.78, 5) is 36.5. The molecule has 0 spiro atoms. The van der Waals surface area contributed by atoms with Crippen LogP contribution in [0.2, 0.25) is 0 Å². The maximum Gasteiger partial charge on any atom is 0.252 e. The minimum absolute atomic E-state index is 0.0964. The number of nitrogens with zero attached hydrogens (tertiary/aromatic N) is 1. The van der Waals surface area contributed by atoms with E-state index in [4.69, 9.17) is 0 Å². The Labute approximate surface area is 144 Å². The molecule has 2 saturated carbocycles. The zero-order chi connectivity index (χ0) is 17.4. The van der Waals surface area contributed by atoms with E-state index in [2.05, 4.69) is 5.32 Å². The van der Waals surface area contributed by atoms with Gasteiger partial charge in [-0.15, -0.1) is 0 Å². The summed E-state index contributed by atoms with van der Waals surface area (Å²) < 4.78 is 0. The standard InChI is InChI=1S/C19H30N2O3/c1-2-6-18(23)21(14-22)13-15-9-11-16(12-10-15)19(24)20-17-7-4-3-5-8-17/h2,6,14-17H,3-5,7-13H2,1H3,(H,20,24)/b6-2-. The summed E-state index contributed by atoms with van der Waals surface area (Å²) in [6.45, 7) is 2.22. The fourth-order valence-corrected chi connectivity index (χ4v) is 3.87. The van der Waals surface area contributed by atoms with Crippen molar-refractivity contribution in [1.82, 2.24) is 10.2 Å². The molecule has 0 aromatic heterocycles. The Morgan fingerprint density at radius 3 is 2.29 bits per heavy atom. The van der Waals surface area contributed by atoms with Crippen LogP contribution in [0.3, 0.4) is 0 Å². The van der Waals surface area contributed by atoms with Gasteiger partial charge in [-0.05, 0) is 57.4 Å². The molecule has 0 unspecified atom stereocenters. The first-order chi connectivity index (χ1) is 11.6. The fraction of sp³-hybridized carbons (Fsp3) is 0.737. The van der Waals surface area contributed by atoms with Gasteiger partial charge in [0, 0.05) is 18.5 Å². The van der Waals surface area contributed by atoms with Crippen molar-refractivity contribution in [2.45, 2.75) is 70.8 Å². The Hall–Kier alpha value is -1.65. The topological polar surface area (TPSA) is 66.5 Å². The van der Waals surface area contributed by atoms with Crippen molar-refractivity contribution >= 4 is 18.2 Å². The second kappa shape index (κ2) is 9.60. The Morgan fingerprint density at radius 2 is 1.71 bits per heavy atom. The third-order valence-electron chi connectivity index (χ3n) is 5.34. The van der Waals surface area contributed by atoms with Crippen LogP contribution in [0.25, 0.3) is 0 Å². The van der Waals surface area contributed by atoms with E-state index in [9.17, 15) is 14.4 Å². The van der Waals surface area contributed by atoms with E-state index >= 15 is 0 Å². The van der Waals surface area contributed by atoms with Gasteiger partial charge in [-0.25, -0.2) is 0 Å². The minimum atomic E-state index is -0.260. The minimum Gasteiger partial charge on any atom is -0.353 e. The maximum atomic E-state index is 12.4. The summed E-state index contributed by atoms with van der Waals surface area (Å²) in [6, 6.07) is 0.369. The number of nitrogens with one attached hydrogen (secondary N) is 1. The Balaban J connectivity index is 1.74. The molecule has 0 radical (unpaired) electrons. The van der Waals surface area contributed by atoms with Gasteiger partial charge < -0.3 is 5.32 Å². The lowest BCUT2D eigenvalue weighted by molar-refractivity contribution is -0.136. The third kappa shape index (κ3) is 5.46. The first-order valence-corrected chi connectivity index (χ1v) is 9.33.